The van der Waals surface area contributed by atoms with E-state index in [1.54, 1.807) is 16.7 Å². The Kier molecular flexibility index (Phi) is 6.61. The zero-order valence-electron chi connectivity index (χ0n) is 17.6. The molecule has 3 amide bonds. The maximum atomic E-state index is 12.7. The van der Waals surface area contributed by atoms with Crippen molar-refractivity contribution in [2.75, 3.05) is 22.5 Å². The molecule has 2 N–H and O–H groups in total. The normalized spacial score (nSPS) is 16.2. The molecular formula is C24H27N3O3S. The van der Waals surface area contributed by atoms with Gasteiger partial charge in [0.25, 0.3) is 0 Å². The molecule has 1 aliphatic carbocycles. The van der Waals surface area contributed by atoms with E-state index in [4.69, 9.17) is 0 Å². The van der Waals surface area contributed by atoms with Gasteiger partial charge in [-0.15, -0.1) is 11.8 Å². The summed E-state index contributed by atoms with van der Waals surface area (Å²) in [6.07, 6.45) is 2.28. The van der Waals surface area contributed by atoms with Crippen molar-refractivity contribution in [1.29, 1.82) is 0 Å². The van der Waals surface area contributed by atoms with Crippen LogP contribution in [0, 0.1) is 5.92 Å². The van der Waals surface area contributed by atoms with E-state index in [1.807, 2.05) is 55.5 Å². The van der Waals surface area contributed by atoms with Crippen LogP contribution in [0.25, 0.3) is 0 Å². The number of anilines is 2. The first-order valence-electron chi connectivity index (χ1n) is 10.7. The summed E-state index contributed by atoms with van der Waals surface area (Å²) >= 11 is 1.75. The Bertz CT molecular complexity index is 972. The molecule has 2 aromatic carbocycles. The lowest BCUT2D eigenvalue weighted by Gasteiger charge is -2.29. The number of carbonyl (C=O) groups is 3. The molecule has 0 aromatic heterocycles. The number of benzene rings is 2. The Morgan fingerprint density at radius 2 is 1.81 bits per heavy atom. The fraction of sp³-hybridized carbons (Fsp3) is 0.375. The van der Waals surface area contributed by atoms with Crippen LogP contribution < -0.4 is 15.5 Å². The molecule has 1 saturated carbocycles. The molecule has 4 rings (SSSR count). The third kappa shape index (κ3) is 5.47. The van der Waals surface area contributed by atoms with Gasteiger partial charge in [0.2, 0.25) is 17.7 Å². The van der Waals surface area contributed by atoms with E-state index in [9.17, 15) is 14.4 Å². The first kappa shape index (κ1) is 21.4. The van der Waals surface area contributed by atoms with E-state index in [2.05, 4.69) is 10.6 Å². The highest BCUT2D eigenvalue weighted by Gasteiger charge is 2.29. The van der Waals surface area contributed by atoms with E-state index < -0.39 is 0 Å². The molecule has 2 aromatic rings. The lowest BCUT2D eigenvalue weighted by atomic mass is 10.1. The summed E-state index contributed by atoms with van der Waals surface area (Å²) in [5.74, 6) is 0.938. The molecule has 1 fully saturated rings. The van der Waals surface area contributed by atoms with Gasteiger partial charge in [0.05, 0.1) is 11.7 Å². The largest absolute Gasteiger partial charge is 0.350 e. The minimum Gasteiger partial charge on any atom is -0.350 e. The number of para-hydroxylation sites is 1. The van der Waals surface area contributed by atoms with Gasteiger partial charge < -0.3 is 15.5 Å². The number of hydrogen-bond acceptors (Lipinski definition) is 4. The molecule has 7 heteroatoms. The fourth-order valence-corrected chi connectivity index (χ4v) is 4.62. The van der Waals surface area contributed by atoms with Gasteiger partial charge in [-0.2, -0.15) is 0 Å². The van der Waals surface area contributed by atoms with Gasteiger partial charge in [0.15, 0.2) is 0 Å². The van der Waals surface area contributed by atoms with Crippen molar-refractivity contribution in [3.63, 3.8) is 0 Å². The molecule has 162 valence electrons. The maximum Gasteiger partial charge on any atom is 0.227 e. The number of thioether (sulfide) groups is 1. The average Bonchev–Trinajstić information content (AvgIpc) is 3.63. The molecule has 0 spiro atoms. The predicted octanol–water partition coefficient (Wildman–Crippen LogP) is 4.13. The van der Waals surface area contributed by atoms with E-state index in [-0.39, 0.29) is 42.5 Å². The third-order valence-electron chi connectivity index (χ3n) is 5.60. The first-order chi connectivity index (χ1) is 15.0. The molecule has 1 aliphatic heterocycles. The minimum absolute atomic E-state index is 0.0219. The Balaban J connectivity index is 1.26. The molecule has 0 bridgehead atoms. The van der Waals surface area contributed by atoms with Gasteiger partial charge in [-0.05, 0) is 49.6 Å². The number of hydrogen-bond donors (Lipinski definition) is 2. The van der Waals surface area contributed by atoms with Crippen LogP contribution in [-0.4, -0.2) is 30.0 Å². The molecule has 0 radical (unpaired) electrons. The van der Waals surface area contributed by atoms with Gasteiger partial charge in [0, 0.05) is 41.6 Å². The number of nitrogens with zero attached hydrogens (tertiary/aromatic N) is 1. The van der Waals surface area contributed by atoms with Crippen molar-refractivity contribution in [3.8, 4) is 0 Å². The quantitative estimate of drug-likeness (QED) is 0.683. The molecule has 1 unspecified atom stereocenters. The molecule has 1 atom stereocenters. The number of nitrogens with one attached hydrogen (secondary N) is 2. The average molecular weight is 438 g/mol. The van der Waals surface area contributed by atoms with E-state index in [1.165, 1.54) is 0 Å². The van der Waals surface area contributed by atoms with Crippen LogP contribution in [0.5, 0.6) is 0 Å². The first-order valence-corrected chi connectivity index (χ1v) is 11.7. The van der Waals surface area contributed by atoms with E-state index in [0.717, 1.165) is 40.4 Å². The second-order valence-electron chi connectivity index (χ2n) is 8.04. The zero-order valence-corrected chi connectivity index (χ0v) is 18.4. The Hall–Kier alpha value is -2.80. The van der Waals surface area contributed by atoms with Crippen LogP contribution in [0.2, 0.25) is 0 Å². The van der Waals surface area contributed by atoms with Crippen LogP contribution in [0.4, 0.5) is 11.4 Å². The highest BCUT2D eigenvalue weighted by atomic mass is 32.2. The molecule has 6 nitrogen and oxygen atoms in total. The highest BCUT2D eigenvalue weighted by molar-refractivity contribution is 7.99. The van der Waals surface area contributed by atoms with Crippen LogP contribution in [0.15, 0.2) is 53.4 Å². The van der Waals surface area contributed by atoms with Gasteiger partial charge in [-0.1, -0.05) is 24.3 Å². The minimum atomic E-state index is -0.178. The third-order valence-corrected chi connectivity index (χ3v) is 6.64. The lowest BCUT2D eigenvalue weighted by molar-refractivity contribution is -0.125. The topological polar surface area (TPSA) is 78.5 Å². The summed E-state index contributed by atoms with van der Waals surface area (Å²) in [6, 6.07) is 15.2. The Morgan fingerprint density at radius 1 is 1.06 bits per heavy atom. The summed E-state index contributed by atoms with van der Waals surface area (Å²) in [5, 5.41) is 5.87. The van der Waals surface area contributed by atoms with Crippen LogP contribution in [0.1, 0.15) is 44.2 Å². The Morgan fingerprint density at radius 3 is 2.55 bits per heavy atom. The van der Waals surface area contributed by atoms with Crippen molar-refractivity contribution in [3.05, 3.63) is 54.1 Å². The predicted molar refractivity (Wildman–Crippen MR) is 123 cm³/mol. The van der Waals surface area contributed by atoms with Crippen molar-refractivity contribution < 1.29 is 14.4 Å². The summed E-state index contributed by atoms with van der Waals surface area (Å²) in [4.78, 5) is 39.9. The van der Waals surface area contributed by atoms with Crippen LogP contribution >= 0.6 is 11.8 Å². The van der Waals surface area contributed by atoms with Gasteiger partial charge in [-0.25, -0.2) is 0 Å². The summed E-state index contributed by atoms with van der Waals surface area (Å²) in [6.45, 7) is 2.58. The van der Waals surface area contributed by atoms with Crippen LogP contribution in [0.3, 0.4) is 0 Å². The monoisotopic (exact) mass is 437 g/mol. The van der Waals surface area contributed by atoms with Crippen molar-refractivity contribution in [2.24, 2.45) is 5.92 Å². The van der Waals surface area contributed by atoms with Crippen molar-refractivity contribution in [2.45, 2.75) is 43.5 Å². The van der Waals surface area contributed by atoms with Gasteiger partial charge in [0.1, 0.15) is 0 Å². The molecule has 1 heterocycles. The number of amides is 3. The maximum absolute atomic E-state index is 12.7. The van der Waals surface area contributed by atoms with Gasteiger partial charge >= 0.3 is 0 Å². The summed E-state index contributed by atoms with van der Waals surface area (Å²) in [7, 11) is 0. The second-order valence-corrected chi connectivity index (χ2v) is 9.17. The smallest absolute Gasteiger partial charge is 0.227 e. The SMILES string of the molecule is CC(NC(=O)CCC(=O)N1CCSc2ccccc21)c1ccc(NC(=O)C2CC2)cc1. The molecule has 31 heavy (non-hydrogen) atoms. The number of rotatable bonds is 7. The zero-order chi connectivity index (χ0) is 21.8. The molecule has 2 aliphatic rings. The second kappa shape index (κ2) is 9.56. The fourth-order valence-electron chi connectivity index (χ4n) is 3.63. The highest BCUT2D eigenvalue weighted by Crippen LogP contribution is 2.34. The van der Waals surface area contributed by atoms with Gasteiger partial charge in [-0.3, -0.25) is 14.4 Å². The Labute approximate surface area is 186 Å². The van der Waals surface area contributed by atoms with Crippen LogP contribution in [-0.2, 0) is 14.4 Å². The van der Waals surface area contributed by atoms with Crippen molar-refractivity contribution >= 4 is 40.9 Å². The standard InChI is InChI=1S/C24H27N3O3S/c1-16(17-8-10-19(11-9-17)26-24(30)18-6-7-18)25-22(28)12-13-23(29)27-14-15-31-21-5-3-2-4-20(21)27/h2-5,8-11,16,18H,6-7,12-15H2,1H3,(H,25,28)(H,26,30). The van der Waals surface area contributed by atoms with E-state index >= 15 is 0 Å². The lowest BCUT2D eigenvalue weighted by Crippen LogP contribution is -2.36. The van der Waals surface area contributed by atoms with Crippen molar-refractivity contribution in [1.82, 2.24) is 5.32 Å². The summed E-state index contributed by atoms with van der Waals surface area (Å²) < 4.78 is 0. The van der Waals surface area contributed by atoms with E-state index in [0.29, 0.717) is 6.54 Å². The summed E-state index contributed by atoms with van der Waals surface area (Å²) in [5.41, 5.74) is 2.65. The molecule has 0 saturated heterocycles. The number of carbonyl (C=O) groups excluding carboxylic acids is 3. The molecular weight excluding hydrogens is 410 g/mol. The number of fused-ring (bicyclic) bond motifs is 1.